The number of likely N-dealkylation sites (tertiary alicyclic amines) is 1. The van der Waals surface area contributed by atoms with Crippen molar-refractivity contribution in [1.82, 2.24) is 4.90 Å². The first-order valence-corrected chi connectivity index (χ1v) is 8.23. The number of halogens is 3. The Bertz CT molecular complexity index is 405. The molecule has 0 aromatic heterocycles. The van der Waals surface area contributed by atoms with Crippen molar-refractivity contribution in [3.8, 4) is 0 Å². The van der Waals surface area contributed by atoms with Gasteiger partial charge in [-0.25, -0.2) is 0 Å². The van der Waals surface area contributed by atoms with Crippen LogP contribution in [0.5, 0.6) is 0 Å². The highest BCUT2D eigenvalue weighted by Crippen LogP contribution is 2.49. The summed E-state index contributed by atoms with van der Waals surface area (Å²) in [5.41, 5.74) is 0. The molecular formula is C16H24F3NO. The van der Waals surface area contributed by atoms with E-state index in [1.54, 1.807) is 4.90 Å². The first-order chi connectivity index (χ1) is 9.87. The second kappa shape index (κ2) is 5.47. The molecule has 2 saturated carbocycles. The van der Waals surface area contributed by atoms with Crippen LogP contribution in [0.15, 0.2) is 0 Å². The quantitative estimate of drug-likeness (QED) is 0.771. The number of carbonyl (C=O) groups excluding carboxylic acids is 1. The average molecular weight is 303 g/mol. The summed E-state index contributed by atoms with van der Waals surface area (Å²) >= 11 is 0. The summed E-state index contributed by atoms with van der Waals surface area (Å²) in [6.45, 7) is 2.76. The van der Waals surface area contributed by atoms with Gasteiger partial charge in [-0.2, -0.15) is 13.2 Å². The van der Waals surface area contributed by atoms with E-state index in [4.69, 9.17) is 0 Å². The van der Waals surface area contributed by atoms with Gasteiger partial charge in [0.25, 0.3) is 0 Å². The Hall–Kier alpha value is -0.740. The third kappa shape index (κ3) is 3.37. The maximum Gasteiger partial charge on any atom is 0.397 e. The van der Waals surface area contributed by atoms with E-state index in [1.165, 1.54) is 0 Å². The van der Waals surface area contributed by atoms with Gasteiger partial charge in [0, 0.05) is 12.6 Å². The van der Waals surface area contributed by atoms with Crippen LogP contribution in [0.1, 0.15) is 51.9 Å². The standard InChI is InChI=1S/C16H24F3NO/c1-2-10-5-11-7-13(6-10)15(12-3-4-12)20(9-11)14(21)8-16(17,18)19/h10-13,15H,2-9H2,1H3/t10?,11?,13-,15?/m1/s1. The molecule has 0 aromatic rings. The number of piperidine rings is 1. The summed E-state index contributed by atoms with van der Waals surface area (Å²) in [5, 5.41) is 0. The highest BCUT2D eigenvalue weighted by atomic mass is 19.4. The average Bonchev–Trinajstić information content (AvgIpc) is 3.19. The van der Waals surface area contributed by atoms with Crippen molar-refractivity contribution in [2.45, 2.75) is 64.1 Å². The molecule has 2 nitrogen and oxygen atoms in total. The third-order valence-corrected chi connectivity index (χ3v) is 5.59. The minimum atomic E-state index is -4.39. The molecule has 1 aliphatic heterocycles. The van der Waals surface area contributed by atoms with Crippen molar-refractivity contribution in [2.24, 2.45) is 23.7 Å². The van der Waals surface area contributed by atoms with Crippen molar-refractivity contribution in [3.05, 3.63) is 0 Å². The maximum atomic E-state index is 12.6. The molecule has 2 bridgehead atoms. The Morgan fingerprint density at radius 2 is 1.86 bits per heavy atom. The van der Waals surface area contributed by atoms with E-state index in [0.717, 1.165) is 38.5 Å². The number of alkyl halides is 3. The SMILES string of the molecule is CCC1CC2C[C@@H](C1)C(C1CC1)N(C(=O)CC(F)(F)F)C2. The van der Waals surface area contributed by atoms with Crippen LogP contribution in [0.4, 0.5) is 13.2 Å². The fourth-order valence-electron chi connectivity index (χ4n) is 4.65. The summed E-state index contributed by atoms with van der Waals surface area (Å²) in [6, 6.07) is 0.0884. The van der Waals surface area contributed by atoms with Crippen LogP contribution in [-0.2, 0) is 4.79 Å². The van der Waals surface area contributed by atoms with Crippen LogP contribution < -0.4 is 0 Å². The van der Waals surface area contributed by atoms with Crippen LogP contribution in [0.2, 0.25) is 0 Å². The maximum absolute atomic E-state index is 12.6. The van der Waals surface area contributed by atoms with Crippen LogP contribution in [0.3, 0.4) is 0 Å². The van der Waals surface area contributed by atoms with Crippen LogP contribution in [0.25, 0.3) is 0 Å². The second-order valence-corrected chi connectivity index (χ2v) is 7.27. The number of amides is 1. The van der Waals surface area contributed by atoms with Gasteiger partial charge in [0.05, 0.1) is 0 Å². The van der Waals surface area contributed by atoms with E-state index >= 15 is 0 Å². The van der Waals surface area contributed by atoms with Gasteiger partial charge in [-0.05, 0) is 55.8 Å². The van der Waals surface area contributed by atoms with Gasteiger partial charge in [-0.3, -0.25) is 4.79 Å². The summed E-state index contributed by atoms with van der Waals surface area (Å²) in [5.74, 6) is 1.33. The predicted octanol–water partition coefficient (Wildman–Crippen LogP) is 4.00. The van der Waals surface area contributed by atoms with Gasteiger partial charge < -0.3 is 4.90 Å². The Morgan fingerprint density at radius 1 is 1.14 bits per heavy atom. The lowest BCUT2D eigenvalue weighted by molar-refractivity contribution is -0.168. The summed E-state index contributed by atoms with van der Waals surface area (Å²) in [7, 11) is 0. The largest absolute Gasteiger partial charge is 0.397 e. The zero-order chi connectivity index (χ0) is 15.2. The first kappa shape index (κ1) is 15.2. The Kier molecular flexibility index (Phi) is 3.95. The minimum Gasteiger partial charge on any atom is -0.339 e. The van der Waals surface area contributed by atoms with E-state index in [1.807, 2.05) is 0 Å². The molecule has 5 heteroatoms. The Labute approximate surface area is 124 Å². The Morgan fingerprint density at radius 3 is 2.43 bits per heavy atom. The van der Waals surface area contributed by atoms with Gasteiger partial charge in [-0.1, -0.05) is 13.3 Å². The smallest absolute Gasteiger partial charge is 0.339 e. The molecule has 1 heterocycles. The first-order valence-electron chi connectivity index (χ1n) is 8.23. The summed E-state index contributed by atoms with van der Waals surface area (Å²) < 4.78 is 37.7. The number of carbonyl (C=O) groups is 1. The molecule has 2 aliphatic carbocycles. The predicted molar refractivity (Wildman–Crippen MR) is 73.5 cm³/mol. The molecule has 120 valence electrons. The fraction of sp³-hybridized carbons (Fsp3) is 0.938. The topological polar surface area (TPSA) is 20.3 Å². The van der Waals surface area contributed by atoms with E-state index in [2.05, 4.69) is 6.92 Å². The summed E-state index contributed by atoms with van der Waals surface area (Å²) in [4.78, 5) is 13.8. The van der Waals surface area contributed by atoms with Gasteiger partial charge in [0.1, 0.15) is 6.42 Å². The van der Waals surface area contributed by atoms with E-state index in [0.29, 0.717) is 30.2 Å². The molecular weight excluding hydrogens is 279 g/mol. The second-order valence-electron chi connectivity index (χ2n) is 7.27. The minimum absolute atomic E-state index is 0.0884. The van der Waals surface area contributed by atoms with Gasteiger partial charge >= 0.3 is 6.18 Å². The lowest BCUT2D eigenvalue weighted by Crippen LogP contribution is -2.55. The highest BCUT2D eigenvalue weighted by Gasteiger charge is 2.49. The zero-order valence-electron chi connectivity index (χ0n) is 12.5. The van der Waals surface area contributed by atoms with Crippen molar-refractivity contribution in [1.29, 1.82) is 0 Å². The number of nitrogens with zero attached hydrogens (tertiary/aromatic N) is 1. The third-order valence-electron chi connectivity index (χ3n) is 5.59. The molecule has 0 radical (unpaired) electrons. The van der Waals surface area contributed by atoms with Crippen molar-refractivity contribution in [3.63, 3.8) is 0 Å². The molecule has 3 rings (SSSR count). The molecule has 1 saturated heterocycles. The van der Waals surface area contributed by atoms with Gasteiger partial charge in [0.2, 0.25) is 5.91 Å². The fourth-order valence-corrected chi connectivity index (χ4v) is 4.65. The van der Waals surface area contributed by atoms with E-state index in [9.17, 15) is 18.0 Å². The number of fused-ring (bicyclic) bond motifs is 2. The van der Waals surface area contributed by atoms with Gasteiger partial charge in [-0.15, -0.1) is 0 Å². The van der Waals surface area contributed by atoms with Gasteiger partial charge in [0.15, 0.2) is 0 Å². The molecule has 0 aromatic carbocycles. The van der Waals surface area contributed by atoms with Crippen molar-refractivity contribution < 1.29 is 18.0 Å². The molecule has 4 atom stereocenters. The lowest BCUT2D eigenvalue weighted by Gasteiger charge is -2.50. The molecule has 21 heavy (non-hydrogen) atoms. The number of hydrogen-bond acceptors (Lipinski definition) is 1. The van der Waals surface area contributed by atoms with Crippen molar-refractivity contribution >= 4 is 5.91 Å². The van der Waals surface area contributed by atoms with Crippen molar-refractivity contribution in [2.75, 3.05) is 6.54 Å². The molecule has 3 fully saturated rings. The molecule has 0 N–H and O–H groups in total. The Balaban J connectivity index is 1.75. The number of hydrogen-bond donors (Lipinski definition) is 0. The summed E-state index contributed by atoms with van der Waals surface area (Å²) in [6.07, 6.45) is 0.950. The molecule has 3 unspecified atom stereocenters. The monoisotopic (exact) mass is 303 g/mol. The lowest BCUT2D eigenvalue weighted by atomic mass is 9.67. The van der Waals surface area contributed by atoms with Crippen LogP contribution in [0, 0.1) is 23.7 Å². The molecule has 0 spiro atoms. The highest BCUT2D eigenvalue weighted by molar-refractivity contribution is 5.77. The molecule has 1 amide bonds. The van der Waals surface area contributed by atoms with Crippen LogP contribution in [-0.4, -0.2) is 29.6 Å². The number of rotatable bonds is 3. The van der Waals surface area contributed by atoms with E-state index in [-0.39, 0.29) is 6.04 Å². The zero-order valence-corrected chi connectivity index (χ0v) is 12.5. The van der Waals surface area contributed by atoms with Crippen LogP contribution >= 0.6 is 0 Å². The normalized spacial score (nSPS) is 36.7. The van der Waals surface area contributed by atoms with E-state index < -0.39 is 18.5 Å². The molecule has 3 aliphatic rings.